The minimum atomic E-state index is -0.893. The smallest absolute Gasteiger partial charge is 0.337 e. The van der Waals surface area contributed by atoms with E-state index < -0.39 is 5.97 Å². The summed E-state index contributed by atoms with van der Waals surface area (Å²) in [5.41, 5.74) is 6.28. The van der Waals surface area contributed by atoms with Gasteiger partial charge in [-0.25, -0.2) is 4.79 Å². The van der Waals surface area contributed by atoms with Crippen LogP contribution >= 0.6 is 0 Å². The number of ether oxygens (including phenoxy) is 2. The number of carboxylic acids is 1. The van der Waals surface area contributed by atoms with Crippen molar-refractivity contribution in [3.05, 3.63) is 88.2 Å². The van der Waals surface area contributed by atoms with E-state index in [0.29, 0.717) is 38.4 Å². The first-order chi connectivity index (χ1) is 16.9. The average Bonchev–Trinajstić information content (AvgIpc) is 3.08. The van der Waals surface area contributed by atoms with Gasteiger partial charge in [-0.3, -0.25) is 0 Å². The van der Waals surface area contributed by atoms with Gasteiger partial charge in [-0.2, -0.15) is 0 Å². The predicted octanol–water partition coefficient (Wildman–Crippen LogP) is 5.62. The average molecular weight is 477 g/mol. The van der Waals surface area contributed by atoms with Crippen LogP contribution in [0, 0.1) is 13.8 Å². The van der Waals surface area contributed by atoms with Crippen molar-refractivity contribution in [1.82, 2.24) is 9.88 Å². The van der Waals surface area contributed by atoms with Gasteiger partial charge >= 0.3 is 5.97 Å². The molecule has 0 aliphatic heterocycles. The molecule has 186 valence electrons. The molecule has 1 aromatic heterocycles. The second-order valence-electron chi connectivity index (χ2n) is 8.44. The van der Waals surface area contributed by atoms with Gasteiger partial charge in [-0.1, -0.05) is 43.0 Å². The minimum absolute atomic E-state index is 0.386. The molecule has 0 atom stereocenters. The zero-order chi connectivity index (χ0) is 25.4. The molecule has 1 heterocycles. The van der Waals surface area contributed by atoms with Crippen molar-refractivity contribution in [3.8, 4) is 11.5 Å². The first-order valence-electron chi connectivity index (χ1n) is 12.1. The maximum atomic E-state index is 12.1. The van der Waals surface area contributed by atoms with Gasteiger partial charge in [-0.15, -0.1) is 0 Å². The molecule has 0 fully saturated rings. The largest absolute Gasteiger partial charge is 0.490 e. The van der Waals surface area contributed by atoms with Crippen LogP contribution < -0.4 is 14.8 Å². The van der Waals surface area contributed by atoms with Crippen molar-refractivity contribution in [1.29, 1.82) is 0 Å². The molecule has 6 nitrogen and oxygen atoms in total. The molecule has 35 heavy (non-hydrogen) atoms. The Hall–Kier alpha value is -3.51. The fourth-order valence-electron chi connectivity index (χ4n) is 4.32. The van der Waals surface area contributed by atoms with Crippen molar-refractivity contribution in [3.63, 3.8) is 0 Å². The number of carbonyl (C=O) groups is 1. The van der Waals surface area contributed by atoms with Crippen LogP contribution in [0.4, 0.5) is 0 Å². The zero-order valence-corrected chi connectivity index (χ0v) is 21.2. The Morgan fingerprint density at radius 3 is 2.29 bits per heavy atom. The number of hydrogen-bond acceptors (Lipinski definition) is 4. The van der Waals surface area contributed by atoms with Gasteiger partial charge in [0, 0.05) is 30.0 Å². The molecule has 0 aliphatic carbocycles. The van der Waals surface area contributed by atoms with Crippen LogP contribution in [0.15, 0.2) is 49.0 Å². The quantitative estimate of drug-likeness (QED) is 0.313. The lowest BCUT2D eigenvalue weighted by Gasteiger charge is -2.13. The molecular formula is C29H36N2O4. The molecule has 2 aromatic carbocycles. The second kappa shape index (κ2) is 12.3. The molecule has 0 aliphatic rings. The lowest BCUT2D eigenvalue weighted by Crippen LogP contribution is -2.19. The zero-order valence-electron chi connectivity index (χ0n) is 21.2. The van der Waals surface area contributed by atoms with E-state index in [1.54, 1.807) is 0 Å². The van der Waals surface area contributed by atoms with E-state index in [0.717, 1.165) is 51.6 Å². The number of hydrogen-bond donors (Lipinski definition) is 2. The molecule has 6 heteroatoms. The normalized spacial score (nSPS) is 10.9. The van der Waals surface area contributed by atoms with Crippen LogP contribution in [0.2, 0.25) is 0 Å². The lowest BCUT2D eigenvalue weighted by atomic mass is 10.1. The molecule has 0 amide bonds. The highest BCUT2D eigenvalue weighted by atomic mass is 16.5. The number of nitrogens with one attached hydrogen (secondary N) is 1. The van der Waals surface area contributed by atoms with Gasteiger partial charge in [0.2, 0.25) is 0 Å². The second-order valence-corrected chi connectivity index (χ2v) is 8.44. The topological polar surface area (TPSA) is 72.7 Å². The summed E-state index contributed by atoms with van der Waals surface area (Å²) in [6.07, 6.45) is 2.61. The van der Waals surface area contributed by atoms with Gasteiger partial charge < -0.3 is 24.5 Å². The molecule has 0 saturated carbocycles. The van der Waals surface area contributed by atoms with Crippen molar-refractivity contribution >= 4 is 12.0 Å². The maximum absolute atomic E-state index is 12.1. The summed E-state index contributed by atoms with van der Waals surface area (Å²) >= 11 is 0. The van der Waals surface area contributed by atoms with Crippen molar-refractivity contribution in [2.45, 2.75) is 47.2 Å². The Kier molecular flexibility index (Phi) is 9.15. The lowest BCUT2D eigenvalue weighted by molar-refractivity contribution is 0.0694. The Morgan fingerprint density at radius 1 is 1.00 bits per heavy atom. The highest BCUT2D eigenvalue weighted by molar-refractivity contribution is 5.91. The molecule has 2 N–H and O–H groups in total. The number of carboxylic acid groups (broad SMARTS) is 1. The number of aromatic carboxylic acids is 1. The van der Waals surface area contributed by atoms with E-state index in [9.17, 15) is 9.90 Å². The van der Waals surface area contributed by atoms with Gasteiger partial charge in [0.25, 0.3) is 0 Å². The first kappa shape index (κ1) is 26.1. The van der Waals surface area contributed by atoms with Crippen LogP contribution in [0.5, 0.6) is 11.5 Å². The highest BCUT2D eigenvalue weighted by Gasteiger charge is 2.22. The van der Waals surface area contributed by atoms with Crippen LogP contribution in [0.25, 0.3) is 6.08 Å². The van der Waals surface area contributed by atoms with Gasteiger partial charge in [0.15, 0.2) is 11.5 Å². The molecule has 0 radical (unpaired) electrons. The Bertz CT molecular complexity index is 1160. The number of rotatable bonds is 13. The van der Waals surface area contributed by atoms with E-state index >= 15 is 0 Å². The summed E-state index contributed by atoms with van der Waals surface area (Å²) in [5, 5.41) is 13.4. The van der Waals surface area contributed by atoms with Gasteiger partial charge in [-0.05, 0) is 69.5 Å². The van der Waals surface area contributed by atoms with Crippen LogP contribution in [0.1, 0.15) is 57.8 Å². The van der Waals surface area contributed by atoms with Crippen molar-refractivity contribution in [2.75, 3.05) is 19.8 Å². The number of nitrogens with zero attached hydrogens (tertiary/aromatic N) is 1. The summed E-state index contributed by atoms with van der Waals surface area (Å²) in [7, 11) is 0. The van der Waals surface area contributed by atoms with Gasteiger partial charge in [0.05, 0.1) is 18.8 Å². The summed E-state index contributed by atoms with van der Waals surface area (Å²) in [6.45, 7) is 14.6. The van der Waals surface area contributed by atoms with E-state index in [-0.39, 0.29) is 0 Å². The van der Waals surface area contributed by atoms with E-state index in [1.165, 1.54) is 0 Å². The fourth-order valence-corrected chi connectivity index (χ4v) is 4.32. The third kappa shape index (κ3) is 6.34. The van der Waals surface area contributed by atoms with E-state index in [2.05, 4.69) is 28.6 Å². The van der Waals surface area contributed by atoms with Crippen molar-refractivity contribution in [2.24, 2.45) is 0 Å². The molecule has 0 unspecified atom stereocenters. The SMILES string of the molecule is C=Cc1ccc(Cn2c(C)c(CNCCc3ccc(OCC)c(OCC)c3)c(C(=O)O)c2C)cc1. The molecule has 3 rings (SSSR count). The molecular weight excluding hydrogens is 440 g/mol. The third-order valence-corrected chi connectivity index (χ3v) is 6.18. The highest BCUT2D eigenvalue weighted by Crippen LogP contribution is 2.29. The molecule has 3 aromatic rings. The third-order valence-electron chi connectivity index (χ3n) is 6.18. The van der Waals surface area contributed by atoms with Crippen molar-refractivity contribution < 1.29 is 19.4 Å². The summed E-state index contributed by atoms with van der Waals surface area (Å²) in [6, 6.07) is 14.2. The fraction of sp³-hybridized carbons (Fsp3) is 0.345. The Balaban J connectivity index is 1.70. The molecule has 0 spiro atoms. The monoisotopic (exact) mass is 476 g/mol. The summed E-state index contributed by atoms with van der Waals surface area (Å²) in [5.74, 6) is 0.615. The molecule has 0 bridgehead atoms. The predicted molar refractivity (Wildman–Crippen MR) is 141 cm³/mol. The Labute approximate surface area is 208 Å². The van der Waals surface area contributed by atoms with E-state index in [4.69, 9.17) is 9.47 Å². The van der Waals surface area contributed by atoms with Crippen LogP contribution in [0.3, 0.4) is 0 Å². The Morgan fingerprint density at radius 2 is 1.66 bits per heavy atom. The molecule has 0 saturated heterocycles. The van der Waals surface area contributed by atoms with E-state index in [1.807, 2.05) is 64.1 Å². The minimum Gasteiger partial charge on any atom is -0.490 e. The van der Waals surface area contributed by atoms with Crippen LogP contribution in [-0.4, -0.2) is 35.4 Å². The number of benzene rings is 2. The first-order valence-corrected chi connectivity index (χ1v) is 12.1. The van der Waals surface area contributed by atoms with Crippen LogP contribution in [-0.2, 0) is 19.5 Å². The summed E-state index contributed by atoms with van der Waals surface area (Å²) < 4.78 is 13.5. The number of aromatic nitrogens is 1. The standard InChI is InChI=1S/C29H36N2O4/c1-6-22-9-11-24(12-10-22)19-31-20(4)25(28(21(31)5)29(32)33)18-30-16-15-23-13-14-26(34-7-2)27(17-23)35-8-3/h6,9-14,17,30H,1,7-8,15-16,18-19H2,2-5H3,(H,32,33). The maximum Gasteiger partial charge on any atom is 0.337 e. The summed E-state index contributed by atoms with van der Waals surface area (Å²) in [4.78, 5) is 12.1. The van der Waals surface area contributed by atoms with Gasteiger partial charge in [0.1, 0.15) is 0 Å².